The van der Waals surface area contributed by atoms with Crippen molar-refractivity contribution in [1.82, 2.24) is 5.01 Å². The largest absolute Gasteiger partial charge is 0.493 e. The number of nitrogens with two attached hydrogens (primary N) is 1. The van der Waals surface area contributed by atoms with Gasteiger partial charge in [0.05, 0.1) is 23.4 Å². The zero-order valence-corrected chi connectivity index (χ0v) is 16.2. The molecule has 3 N–H and O–H groups in total. The number of hydrazone groups is 1. The van der Waals surface area contributed by atoms with E-state index < -0.39 is 11.9 Å². The molecular formula is C18H18Cl2N4O3. The maximum Gasteiger partial charge on any atom is 0.246 e. The Kier molecular flexibility index (Phi) is 7.04. The van der Waals surface area contributed by atoms with Crippen molar-refractivity contribution in [2.24, 2.45) is 10.8 Å². The number of hydrogen-bond acceptors (Lipinski definition) is 5. The maximum atomic E-state index is 11.4. The topological polar surface area (TPSA) is 101 Å². The molecule has 0 aliphatic rings. The van der Waals surface area contributed by atoms with Crippen molar-refractivity contribution in [3.05, 3.63) is 57.6 Å². The molecule has 0 spiro atoms. The van der Waals surface area contributed by atoms with E-state index in [-0.39, 0.29) is 6.61 Å². The van der Waals surface area contributed by atoms with E-state index >= 15 is 0 Å². The zero-order chi connectivity index (χ0) is 20.0. The highest BCUT2D eigenvalue weighted by molar-refractivity contribution is 6.42. The smallest absolute Gasteiger partial charge is 0.246 e. The highest BCUT2D eigenvalue weighted by Gasteiger charge is 2.10. The third-order valence-electron chi connectivity index (χ3n) is 3.41. The first-order chi connectivity index (χ1) is 12.8. The van der Waals surface area contributed by atoms with E-state index in [1.54, 1.807) is 30.3 Å². The maximum absolute atomic E-state index is 11.4. The third-order valence-corrected chi connectivity index (χ3v) is 4.15. The molecule has 0 aliphatic carbocycles. The Bertz CT molecular complexity index is 873. The van der Waals surface area contributed by atoms with Crippen molar-refractivity contribution in [2.45, 2.75) is 13.5 Å². The van der Waals surface area contributed by atoms with E-state index in [9.17, 15) is 4.79 Å². The van der Waals surface area contributed by atoms with Gasteiger partial charge in [-0.2, -0.15) is 10.1 Å². The van der Waals surface area contributed by atoms with Gasteiger partial charge in [0.25, 0.3) is 0 Å². The minimum atomic E-state index is -0.469. The number of halogens is 2. The van der Waals surface area contributed by atoms with Gasteiger partial charge >= 0.3 is 0 Å². The van der Waals surface area contributed by atoms with E-state index in [0.717, 1.165) is 10.6 Å². The van der Waals surface area contributed by atoms with Gasteiger partial charge in [0.2, 0.25) is 11.9 Å². The highest BCUT2D eigenvalue weighted by Crippen LogP contribution is 2.29. The zero-order valence-electron chi connectivity index (χ0n) is 14.7. The van der Waals surface area contributed by atoms with Crippen molar-refractivity contribution >= 4 is 41.3 Å². The second-order valence-electron chi connectivity index (χ2n) is 5.41. The molecule has 0 heterocycles. The average molecular weight is 409 g/mol. The average Bonchev–Trinajstić information content (AvgIpc) is 2.62. The van der Waals surface area contributed by atoms with Gasteiger partial charge in [0.15, 0.2) is 11.5 Å². The lowest BCUT2D eigenvalue weighted by atomic mass is 10.2. The summed E-state index contributed by atoms with van der Waals surface area (Å²) in [6.45, 7) is 1.51. The summed E-state index contributed by atoms with van der Waals surface area (Å²) in [6, 6.07) is 10.4. The monoisotopic (exact) mass is 408 g/mol. The Morgan fingerprint density at radius 3 is 2.56 bits per heavy atom. The Balaban J connectivity index is 2.20. The molecule has 0 aliphatic heterocycles. The van der Waals surface area contributed by atoms with Crippen molar-refractivity contribution in [3.63, 3.8) is 0 Å². The van der Waals surface area contributed by atoms with E-state index in [1.807, 2.05) is 6.07 Å². The summed E-state index contributed by atoms with van der Waals surface area (Å²) < 4.78 is 11.1. The number of methoxy groups -OCH3 is 1. The molecule has 2 aromatic rings. The number of rotatable bonds is 6. The number of nitrogens with zero attached hydrogens (tertiary/aromatic N) is 2. The Labute approximate surface area is 166 Å². The van der Waals surface area contributed by atoms with Gasteiger partial charge in [-0.25, -0.2) is 0 Å². The Morgan fingerprint density at radius 1 is 1.22 bits per heavy atom. The SMILES string of the molecule is COc1ccc(/C=N/N(C(=N)N)C(C)=O)cc1OCc1ccc(Cl)c(Cl)c1. The molecule has 142 valence electrons. The fourth-order valence-corrected chi connectivity index (χ4v) is 2.44. The van der Waals surface area contributed by atoms with Crippen LogP contribution in [0.25, 0.3) is 0 Å². The van der Waals surface area contributed by atoms with Crippen LogP contribution in [-0.4, -0.2) is 30.2 Å². The number of carbonyl (C=O) groups is 1. The van der Waals surface area contributed by atoms with Gasteiger partial charge in [-0.05, 0) is 41.5 Å². The lowest BCUT2D eigenvalue weighted by Gasteiger charge is -2.13. The van der Waals surface area contributed by atoms with Gasteiger partial charge in [-0.1, -0.05) is 29.3 Å². The fourth-order valence-electron chi connectivity index (χ4n) is 2.11. The third kappa shape index (κ3) is 5.60. The number of hydrogen-bond donors (Lipinski definition) is 2. The first-order valence-electron chi connectivity index (χ1n) is 7.75. The van der Waals surface area contributed by atoms with E-state index in [4.69, 9.17) is 43.8 Å². The molecule has 7 nitrogen and oxygen atoms in total. The Hall–Kier alpha value is -2.77. The predicted molar refractivity (Wildman–Crippen MR) is 106 cm³/mol. The fraction of sp³-hybridized carbons (Fsp3) is 0.167. The van der Waals surface area contributed by atoms with Gasteiger partial charge in [0, 0.05) is 6.92 Å². The molecule has 0 bridgehead atoms. The molecule has 2 aromatic carbocycles. The van der Waals surface area contributed by atoms with Crippen LogP contribution < -0.4 is 15.2 Å². The van der Waals surface area contributed by atoms with Crippen LogP contribution in [0.2, 0.25) is 10.0 Å². The van der Waals surface area contributed by atoms with E-state index in [2.05, 4.69) is 5.10 Å². The van der Waals surface area contributed by atoms with Crippen LogP contribution in [0.3, 0.4) is 0 Å². The molecule has 0 unspecified atom stereocenters. The number of guanidine groups is 1. The number of ether oxygens (including phenoxy) is 2. The van der Waals surface area contributed by atoms with Gasteiger partial charge in [0.1, 0.15) is 6.61 Å². The van der Waals surface area contributed by atoms with Crippen LogP contribution >= 0.6 is 23.2 Å². The van der Waals surface area contributed by atoms with Crippen LogP contribution in [0, 0.1) is 5.41 Å². The number of carbonyl (C=O) groups excluding carboxylic acids is 1. The minimum Gasteiger partial charge on any atom is -0.493 e. The number of nitrogens with one attached hydrogen (secondary N) is 1. The van der Waals surface area contributed by atoms with Crippen molar-refractivity contribution in [2.75, 3.05) is 7.11 Å². The van der Waals surface area contributed by atoms with Crippen molar-refractivity contribution in [1.29, 1.82) is 5.41 Å². The molecule has 0 saturated carbocycles. The lowest BCUT2D eigenvalue weighted by molar-refractivity contribution is -0.125. The van der Waals surface area contributed by atoms with Gasteiger partial charge < -0.3 is 15.2 Å². The van der Waals surface area contributed by atoms with Crippen LogP contribution in [0.4, 0.5) is 0 Å². The quantitative estimate of drug-likeness (QED) is 0.432. The predicted octanol–water partition coefficient (Wildman–Crippen LogP) is 3.66. The van der Waals surface area contributed by atoms with Crippen LogP contribution in [0.5, 0.6) is 11.5 Å². The number of benzene rings is 2. The van der Waals surface area contributed by atoms with E-state index in [1.165, 1.54) is 20.2 Å². The Morgan fingerprint density at radius 2 is 1.96 bits per heavy atom. The molecule has 1 amide bonds. The lowest BCUT2D eigenvalue weighted by Crippen LogP contribution is -2.35. The second kappa shape index (κ2) is 9.25. The number of amides is 1. The van der Waals surface area contributed by atoms with Crippen LogP contribution in [-0.2, 0) is 11.4 Å². The minimum absolute atomic E-state index is 0.251. The summed E-state index contributed by atoms with van der Waals surface area (Å²) >= 11 is 11.9. The molecule has 0 fully saturated rings. The molecule has 9 heteroatoms. The summed E-state index contributed by atoms with van der Waals surface area (Å²) in [5.74, 6) is 0.0682. The van der Waals surface area contributed by atoms with Gasteiger partial charge in [-0.15, -0.1) is 0 Å². The van der Waals surface area contributed by atoms with Crippen LogP contribution in [0.15, 0.2) is 41.5 Å². The summed E-state index contributed by atoms with van der Waals surface area (Å²) in [6.07, 6.45) is 1.40. The summed E-state index contributed by atoms with van der Waals surface area (Å²) in [7, 11) is 1.53. The molecule has 0 atom stereocenters. The van der Waals surface area contributed by atoms with E-state index in [0.29, 0.717) is 27.1 Å². The molecule has 27 heavy (non-hydrogen) atoms. The summed E-state index contributed by atoms with van der Waals surface area (Å²) in [5.41, 5.74) is 6.79. The van der Waals surface area contributed by atoms with Crippen molar-refractivity contribution in [3.8, 4) is 11.5 Å². The summed E-state index contributed by atoms with van der Waals surface area (Å²) in [5, 5.41) is 13.0. The molecular weight excluding hydrogens is 391 g/mol. The molecule has 0 radical (unpaired) electrons. The standard InChI is InChI=1S/C18H18Cl2N4O3/c1-11(25)24(18(21)22)23-9-12-4-6-16(26-2)17(8-12)27-10-13-3-5-14(19)15(20)7-13/h3-9H,10H2,1-2H3,(H3,21,22)/b23-9+. The van der Waals surface area contributed by atoms with Gasteiger partial charge in [-0.3, -0.25) is 10.2 Å². The normalized spacial score (nSPS) is 10.7. The molecule has 0 aromatic heterocycles. The first kappa shape index (κ1) is 20.5. The second-order valence-corrected chi connectivity index (χ2v) is 6.22. The molecule has 2 rings (SSSR count). The first-order valence-corrected chi connectivity index (χ1v) is 8.51. The van der Waals surface area contributed by atoms with Crippen molar-refractivity contribution < 1.29 is 14.3 Å². The van der Waals surface area contributed by atoms with Crippen LogP contribution in [0.1, 0.15) is 18.1 Å². The molecule has 0 saturated heterocycles. The highest BCUT2D eigenvalue weighted by atomic mass is 35.5. The summed E-state index contributed by atoms with van der Waals surface area (Å²) in [4.78, 5) is 11.4.